The van der Waals surface area contributed by atoms with Crippen molar-refractivity contribution in [3.05, 3.63) is 29.8 Å². The Morgan fingerprint density at radius 3 is 2.61 bits per heavy atom. The second-order valence-electron chi connectivity index (χ2n) is 7.96. The standard InChI is InChI=1S/C22H37N5O/c1-6-23-22(24-12-9-13-27(16(2)3)17(4)5)25-15-18-14-21(28)26-20-11-8-7-10-19(18)20/h7-8,10-11,16-18H,6,9,12-15H2,1-5H3,(H,26,28)(H2,23,24,25). The van der Waals surface area contributed by atoms with E-state index < -0.39 is 0 Å². The summed E-state index contributed by atoms with van der Waals surface area (Å²) in [5.74, 6) is 1.02. The second kappa shape index (κ2) is 11.1. The molecule has 1 atom stereocenters. The molecule has 1 unspecified atom stereocenters. The number of nitrogens with zero attached hydrogens (tertiary/aromatic N) is 2. The number of guanidine groups is 1. The summed E-state index contributed by atoms with van der Waals surface area (Å²) in [6.07, 6.45) is 1.55. The molecule has 1 aromatic rings. The number of hydrogen-bond donors (Lipinski definition) is 3. The van der Waals surface area contributed by atoms with Gasteiger partial charge in [-0.3, -0.25) is 14.7 Å². The summed E-state index contributed by atoms with van der Waals surface area (Å²) in [6.45, 7) is 14.4. The molecule has 1 aliphatic heterocycles. The van der Waals surface area contributed by atoms with Crippen LogP contribution >= 0.6 is 0 Å². The zero-order chi connectivity index (χ0) is 20.5. The van der Waals surface area contributed by atoms with E-state index in [1.807, 2.05) is 18.2 Å². The Bertz CT molecular complexity index is 648. The Morgan fingerprint density at radius 2 is 1.93 bits per heavy atom. The Morgan fingerprint density at radius 1 is 1.21 bits per heavy atom. The largest absolute Gasteiger partial charge is 0.357 e. The highest BCUT2D eigenvalue weighted by Crippen LogP contribution is 2.31. The van der Waals surface area contributed by atoms with Crippen molar-refractivity contribution in [1.82, 2.24) is 15.5 Å². The molecule has 0 fully saturated rings. The molecule has 28 heavy (non-hydrogen) atoms. The molecule has 6 heteroatoms. The molecule has 3 N–H and O–H groups in total. The third-order valence-corrected chi connectivity index (χ3v) is 5.13. The molecule has 0 saturated carbocycles. The average molecular weight is 388 g/mol. The maximum atomic E-state index is 12.0. The van der Waals surface area contributed by atoms with Crippen molar-refractivity contribution in [2.45, 2.75) is 65.5 Å². The molecule has 6 nitrogen and oxygen atoms in total. The van der Waals surface area contributed by atoms with E-state index in [0.717, 1.165) is 37.7 Å². The number of benzene rings is 1. The van der Waals surface area contributed by atoms with Crippen molar-refractivity contribution in [1.29, 1.82) is 0 Å². The van der Waals surface area contributed by atoms with Crippen LogP contribution in [-0.2, 0) is 4.79 Å². The van der Waals surface area contributed by atoms with Gasteiger partial charge in [-0.15, -0.1) is 0 Å². The first kappa shape index (κ1) is 22.2. The summed E-state index contributed by atoms with van der Waals surface area (Å²) >= 11 is 0. The summed E-state index contributed by atoms with van der Waals surface area (Å²) in [5, 5.41) is 9.71. The van der Waals surface area contributed by atoms with Crippen LogP contribution in [0.5, 0.6) is 0 Å². The molecule has 2 rings (SSSR count). The molecule has 1 amide bonds. The average Bonchev–Trinajstić information content (AvgIpc) is 2.64. The Kier molecular flexibility index (Phi) is 8.77. The van der Waals surface area contributed by atoms with Crippen molar-refractivity contribution < 1.29 is 4.79 Å². The summed E-state index contributed by atoms with van der Waals surface area (Å²) < 4.78 is 0. The van der Waals surface area contributed by atoms with Gasteiger partial charge in [0, 0.05) is 49.7 Å². The van der Waals surface area contributed by atoms with Crippen molar-refractivity contribution in [2.75, 3.05) is 31.5 Å². The van der Waals surface area contributed by atoms with Gasteiger partial charge in [0.1, 0.15) is 0 Å². The van der Waals surface area contributed by atoms with Crippen LogP contribution in [0, 0.1) is 0 Å². The van der Waals surface area contributed by atoms with Crippen LogP contribution in [0.3, 0.4) is 0 Å². The molecule has 156 valence electrons. The molecule has 0 radical (unpaired) electrons. The van der Waals surface area contributed by atoms with Gasteiger partial charge in [0.25, 0.3) is 0 Å². The lowest BCUT2D eigenvalue weighted by atomic mass is 9.91. The van der Waals surface area contributed by atoms with Crippen molar-refractivity contribution >= 4 is 17.6 Å². The number of fused-ring (bicyclic) bond motifs is 1. The minimum absolute atomic E-state index is 0.0688. The van der Waals surface area contributed by atoms with Crippen LogP contribution < -0.4 is 16.0 Å². The molecule has 0 bridgehead atoms. The normalized spacial score (nSPS) is 17.1. The Labute approximate surface area is 170 Å². The first-order chi connectivity index (χ1) is 13.4. The van der Waals surface area contributed by atoms with E-state index in [1.54, 1.807) is 0 Å². The number of amides is 1. The van der Waals surface area contributed by atoms with Gasteiger partial charge in [-0.1, -0.05) is 18.2 Å². The van der Waals surface area contributed by atoms with Gasteiger partial charge in [-0.2, -0.15) is 0 Å². The SMILES string of the molecule is CCNC(=NCC1CC(=O)Nc2ccccc21)NCCCN(C(C)C)C(C)C. The molecular weight excluding hydrogens is 350 g/mol. The van der Waals surface area contributed by atoms with Gasteiger partial charge >= 0.3 is 0 Å². The monoisotopic (exact) mass is 387 g/mol. The third-order valence-electron chi connectivity index (χ3n) is 5.13. The number of carbonyl (C=O) groups is 1. The van der Waals surface area contributed by atoms with Gasteiger partial charge in [-0.25, -0.2) is 0 Å². The quantitative estimate of drug-likeness (QED) is 0.346. The fourth-order valence-corrected chi connectivity index (χ4v) is 3.79. The lowest BCUT2D eigenvalue weighted by Gasteiger charge is -2.30. The molecule has 0 aliphatic carbocycles. The summed E-state index contributed by atoms with van der Waals surface area (Å²) in [4.78, 5) is 19.3. The molecule has 0 spiro atoms. The van der Waals surface area contributed by atoms with E-state index >= 15 is 0 Å². The lowest BCUT2D eigenvalue weighted by Crippen LogP contribution is -2.41. The number of aliphatic imine (C=N–C) groups is 1. The molecule has 0 aromatic heterocycles. The van der Waals surface area contributed by atoms with Crippen LogP contribution in [-0.4, -0.2) is 55.0 Å². The van der Waals surface area contributed by atoms with Crippen LogP contribution in [0.1, 0.15) is 58.9 Å². The Hall–Kier alpha value is -2.08. The minimum Gasteiger partial charge on any atom is -0.357 e. The topological polar surface area (TPSA) is 68.8 Å². The van der Waals surface area contributed by atoms with Crippen molar-refractivity contribution in [2.24, 2.45) is 4.99 Å². The Balaban J connectivity index is 1.91. The molecule has 0 saturated heterocycles. The van der Waals surface area contributed by atoms with E-state index in [2.05, 4.69) is 61.5 Å². The number of nitrogens with one attached hydrogen (secondary N) is 3. The number of carbonyl (C=O) groups excluding carboxylic acids is 1. The van der Waals surface area contributed by atoms with Crippen LogP contribution in [0.2, 0.25) is 0 Å². The zero-order valence-corrected chi connectivity index (χ0v) is 18.1. The highest BCUT2D eigenvalue weighted by atomic mass is 16.1. The molecule has 1 aromatic carbocycles. The number of para-hydroxylation sites is 1. The van der Waals surface area contributed by atoms with Crippen molar-refractivity contribution in [3.63, 3.8) is 0 Å². The predicted octanol–water partition coefficient (Wildman–Crippen LogP) is 3.18. The van der Waals surface area contributed by atoms with Gasteiger partial charge < -0.3 is 16.0 Å². The number of hydrogen-bond acceptors (Lipinski definition) is 3. The molecule has 1 heterocycles. The van der Waals surface area contributed by atoms with E-state index in [1.165, 1.54) is 5.56 Å². The number of rotatable bonds is 9. The number of anilines is 1. The highest BCUT2D eigenvalue weighted by Gasteiger charge is 2.24. The summed E-state index contributed by atoms with van der Waals surface area (Å²) in [5.41, 5.74) is 2.09. The van der Waals surface area contributed by atoms with Gasteiger partial charge in [-0.05, 0) is 52.7 Å². The first-order valence-electron chi connectivity index (χ1n) is 10.6. The predicted molar refractivity (Wildman–Crippen MR) is 118 cm³/mol. The summed E-state index contributed by atoms with van der Waals surface area (Å²) in [7, 11) is 0. The van der Waals surface area contributed by atoms with Crippen molar-refractivity contribution in [3.8, 4) is 0 Å². The minimum atomic E-state index is 0.0688. The van der Waals surface area contributed by atoms with E-state index in [9.17, 15) is 4.79 Å². The van der Waals surface area contributed by atoms with E-state index in [4.69, 9.17) is 4.99 Å². The van der Waals surface area contributed by atoms with Gasteiger partial charge in [0.2, 0.25) is 5.91 Å². The van der Waals surface area contributed by atoms with Gasteiger partial charge in [0.05, 0.1) is 6.54 Å². The third kappa shape index (κ3) is 6.51. The first-order valence-corrected chi connectivity index (χ1v) is 10.6. The highest BCUT2D eigenvalue weighted by molar-refractivity contribution is 5.94. The van der Waals surface area contributed by atoms with Crippen LogP contribution in [0.25, 0.3) is 0 Å². The smallest absolute Gasteiger partial charge is 0.225 e. The van der Waals surface area contributed by atoms with E-state index in [0.29, 0.717) is 25.0 Å². The van der Waals surface area contributed by atoms with E-state index in [-0.39, 0.29) is 11.8 Å². The fraction of sp³-hybridized carbons (Fsp3) is 0.636. The molecule has 1 aliphatic rings. The maximum Gasteiger partial charge on any atom is 0.225 e. The second-order valence-corrected chi connectivity index (χ2v) is 7.96. The maximum absolute atomic E-state index is 12.0. The van der Waals surface area contributed by atoms with Crippen LogP contribution in [0.15, 0.2) is 29.3 Å². The lowest BCUT2D eigenvalue weighted by molar-refractivity contribution is -0.116. The molecular formula is C22H37N5O. The fourth-order valence-electron chi connectivity index (χ4n) is 3.79. The zero-order valence-electron chi connectivity index (χ0n) is 18.1. The van der Waals surface area contributed by atoms with Gasteiger partial charge in [0.15, 0.2) is 5.96 Å². The summed E-state index contributed by atoms with van der Waals surface area (Å²) in [6, 6.07) is 9.13. The van der Waals surface area contributed by atoms with Crippen LogP contribution in [0.4, 0.5) is 5.69 Å².